The Morgan fingerprint density at radius 3 is 2.84 bits per heavy atom. The van der Waals surface area contributed by atoms with Crippen LogP contribution in [0.4, 0.5) is 5.95 Å². The molecule has 3 aromatic rings. The van der Waals surface area contributed by atoms with E-state index in [0.717, 1.165) is 17.5 Å². The molecule has 0 saturated carbocycles. The highest BCUT2D eigenvalue weighted by molar-refractivity contribution is 7.17. The Morgan fingerprint density at radius 1 is 1.32 bits per heavy atom. The first-order valence-corrected chi connectivity index (χ1v) is 11.0. The fraction of sp³-hybridized carbons (Fsp3) is 0.364. The maximum atomic E-state index is 12.7. The summed E-state index contributed by atoms with van der Waals surface area (Å²) in [7, 11) is 1.28. The summed E-state index contributed by atoms with van der Waals surface area (Å²) in [5, 5.41) is 4.58. The molecule has 4 rings (SSSR count). The number of fused-ring (bicyclic) bond motifs is 1. The minimum Gasteiger partial charge on any atom is -0.468 e. The van der Waals surface area contributed by atoms with E-state index in [-0.39, 0.29) is 23.9 Å². The predicted molar refractivity (Wildman–Crippen MR) is 120 cm³/mol. The van der Waals surface area contributed by atoms with Crippen molar-refractivity contribution in [3.8, 4) is 11.1 Å². The second-order valence-corrected chi connectivity index (χ2v) is 8.54. The van der Waals surface area contributed by atoms with E-state index >= 15 is 0 Å². The van der Waals surface area contributed by atoms with Gasteiger partial charge in [0.1, 0.15) is 11.2 Å². The second kappa shape index (κ2) is 8.89. The van der Waals surface area contributed by atoms with Crippen molar-refractivity contribution < 1.29 is 14.3 Å². The number of esters is 1. The molecule has 1 atom stereocenters. The third kappa shape index (κ3) is 4.46. The highest BCUT2D eigenvalue weighted by atomic mass is 32.1. The Balaban J connectivity index is 1.59. The molecule has 1 aliphatic heterocycles. The molecule has 2 N–H and O–H groups in total. The van der Waals surface area contributed by atoms with Gasteiger partial charge in [-0.25, -0.2) is 4.98 Å². The minimum absolute atomic E-state index is 0.151. The maximum absolute atomic E-state index is 12.7. The van der Waals surface area contributed by atoms with Gasteiger partial charge in [-0.2, -0.15) is 0 Å². The number of rotatable bonds is 5. The standard InChI is InChI=1S/C22H24N4O4S/c1-13-5-7-14(8-6-13)16-12-31-19-18(16)24-22(25-21(19)29)26-9-3-4-15(11-26)20(28)23-10-17(27)30-2/h5-8,12,15H,3-4,9-11H2,1-2H3,(H,23,28)(H,24,25,29)/t15-/m1/s1. The summed E-state index contributed by atoms with van der Waals surface area (Å²) in [6.45, 7) is 3.00. The number of piperidine rings is 1. The first-order valence-electron chi connectivity index (χ1n) is 10.1. The van der Waals surface area contributed by atoms with Crippen LogP contribution in [0.2, 0.25) is 0 Å². The normalized spacial score (nSPS) is 16.3. The Kier molecular flexibility index (Phi) is 6.03. The fourth-order valence-electron chi connectivity index (χ4n) is 3.76. The summed E-state index contributed by atoms with van der Waals surface area (Å²) in [5.41, 5.74) is 3.60. The van der Waals surface area contributed by atoms with Crippen LogP contribution in [0.25, 0.3) is 21.3 Å². The molecule has 8 nitrogen and oxygen atoms in total. The summed E-state index contributed by atoms with van der Waals surface area (Å²) in [4.78, 5) is 46.1. The highest BCUT2D eigenvalue weighted by Crippen LogP contribution is 2.32. The van der Waals surface area contributed by atoms with E-state index in [1.54, 1.807) is 0 Å². The molecule has 1 aromatic carbocycles. The minimum atomic E-state index is -0.487. The number of amides is 1. The van der Waals surface area contributed by atoms with Crippen LogP contribution in [0.1, 0.15) is 18.4 Å². The zero-order valence-electron chi connectivity index (χ0n) is 17.4. The Morgan fingerprint density at radius 2 is 2.10 bits per heavy atom. The third-order valence-corrected chi connectivity index (χ3v) is 6.47. The second-order valence-electron chi connectivity index (χ2n) is 7.66. The molecule has 0 spiro atoms. The van der Waals surface area contributed by atoms with Crippen molar-refractivity contribution >= 4 is 39.4 Å². The largest absolute Gasteiger partial charge is 0.468 e. The van der Waals surface area contributed by atoms with E-state index in [4.69, 9.17) is 4.98 Å². The van der Waals surface area contributed by atoms with Crippen molar-refractivity contribution in [1.82, 2.24) is 15.3 Å². The molecule has 162 valence electrons. The van der Waals surface area contributed by atoms with Crippen LogP contribution >= 0.6 is 11.3 Å². The number of thiophene rings is 1. The average Bonchev–Trinajstić information content (AvgIpc) is 3.22. The molecule has 1 fully saturated rings. The van der Waals surface area contributed by atoms with Crippen molar-refractivity contribution in [2.75, 3.05) is 31.6 Å². The number of ether oxygens (including phenoxy) is 1. The number of carbonyl (C=O) groups excluding carboxylic acids is 2. The molecule has 0 unspecified atom stereocenters. The number of methoxy groups -OCH3 is 1. The van der Waals surface area contributed by atoms with E-state index in [2.05, 4.69) is 15.0 Å². The van der Waals surface area contributed by atoms with Gasteiger partial charge in [-0.1, -0.05) is 29.8 Å². The molecular formula is C22H24N4O4S. The van der Waals surface area contributed by atoms with Gasteiger partial charge in [0.25, 0.3) is 5.56 Å². The molecule has 0 bridgehead atoms. The van der Waals surface area contributed by atoms with Crippen molar-refractivity contribution in [2.45, 2.75) is 19.8 Å². The van der Waals surface area contributed by atoms with Crippen LogP contribution < -0.4 is 15.8 Å². The number of aromatic nitrogens is 2. The summed E-state index contributed by atoms with van der Waals surface area (Å²) >= 11 is 1.38. The lowest BCUT2D eigenvalue weighted by Crippen LogP contribution is -2.45. The van der Waals surface area contributed by atoms with Crippen LogP contribution in [0.5, 0.6) is 0 Å². The molecular weight excluding hydrogens is 416 g/mol. The lowest BCUT2D eigenvalue weighted by molar-refractivity contribution is -0.141. The lowest BCUT2D eigenvalue weighted by Gasteiger charge is -2.32. The van der Waals surface area contributed by atoms with Gasteiger partial charge in [-0.05, 0) is 25.3 Å². The van der Waals surface area contributed by atoms with Crippen molar-refractivity contribution in [3.63, 3.8) is 0 Å². The van der Waals surface area contributed by atoms with E-state index in [1.165, 1.54) is 24.0 Å². The zero-order chi connectivity index (χ0) is 22.0. The topological polar surface area (TPSA) is 104 Å². The monoisotopic (exact) mass is 440 g/mol. The molecule has 9 heteroatoms. The van der Waals surface area contributed by atoms with Crippen molar-refractivity contribution in [2.24, 2.45) is 5.92 Å². The number of anilines is 1. The summed E-state index contributed by atoms with van der Waals surface area (Å²) < 4.78 is 5.15. The summed E-state index contributed by atoms with van der Waals surface area (Å²) in [5.74, 6) is -0.513. The molecule has 2 aromatic heterocycles. The third-order valence-electron chi connectivity index (χ3n) is 5.50. The van der Waals surface area contributed by atoms with Crippen LogP contribution in [-0.4, -0.2) is 48.6 Å². The number of hydrogen-bond acceptors (Lipinski definition) is 7. The van der Waals surface area contributed by atoms with Gasteiger partial charge < -0.3 is 15.0 Å². The molecule has 31 heavy (non-hydrogen) atoms. The summed E-state index contributed by atoms with van der Waals surface area (Å²) in [6, 6.07) is 8.13. The van der Waals surface area contributed by atoms with E-state index in [9.17, 15) is 14.4 Å². The number of carbonyl (C=O) groups is 2. The fourth-order valence-corrected chi connectivity index (χ4v) is 4.67. The number of aryl methyl sites for hydroxylation is 1. The van der Waals surface area contributed by atoms with Crippen LogP contribution in [0, 0.1) is 12.8 Å². The Bertz CT molecular complexity index is 1170. The molecule has 0 radical (unpaired) electrons. The van der Waals surface area contributed by atoms with E-state index in [1.807, 2.05) is 41.5 Å². The lowest BCUT2D eigenvalue weighted by atomic mass is 9.97. The van der Waals surface area contributed by atoms with Crippen molar-refractivity contribution in [3.05, 3.63) is 45.6 Å². The molecule has 1 aliphatic rings. The molecule has 0 aliphatic carbocycles. The van der Waals surface area contributed by atoms with Gasteiger partial charge in [0, 0.05) is 24.0 Å². The SMILES string of the molecule is COC(=O)CNC(=O)[C@@H]1CCCN(c2nc3c(-c4ccc(C)cc4)csc3c(=O)[nH]2)C1. The first-order chi connectivity index (χ1) is 15.0. The van der Waals surface area contributed by atoms with Gasteiger partial charge in [0.2, 0.25) is 11.9 Å². The van der Waals surface area contributed by atoms with Crippen LogP contribution in [-0.2, 0) is 14.3 Å². The van der Waals surface area contributed by atoms with Crippen LogP contribution in [0.3, 0.4) is 0 Å². The number of nitrogens with zero attached hydrogens (tertiary/aromatic N) is 2. The number of nitrogens with one attached hydrogen (secondary N) is 2. The Hall–Kier alpha value is -3.20. The number of aromatic amines is 1. The number of benzene rings is 1. The van der Waals surface area contributed by atoms with E-state index in [0.29, 0.717) is 35.7 Å². The van der Waals surface area contributed by atoms with Gasteiger partial charge in [-0.15, -0.1) is 11.3 Å². The first kappa shape index (κ1) is 21.0. The van der Waals surface area contributed by atoms with Crippen LogP contribution in [0.15, 0.2) is 34.4 Å². The van der Waals surface area contributed by atoms with Gasteiger partial charge in [0.05, 0.1) is 18.5 Å². The highest BCUT2D eigenvalue weighted by Gasteiger charge is 2.28. The van der Waals surface area contributed by atoms with Gasteiger partial charge >= 0.3 is 5.97 Å². The number of H-pyrrole nitrogens is 1. The maximum Gasteiger partial charge on any atom is 0.325 e. The van der Waals surface area contributed by atoms with Gasteiger partial charge in [-0.3, -0.25) is 19.4 Å². The average molecular weight is 441 g/mol. The summed E-state index contributed by atoms with van der Waals surface area (Å²) in [6.07, 6.45) is 1.50. The van der Waals surface area contributed by atoms with E-state index < -0.39 is 5.97 Å². The smallest absolute Gasteiger partial charge is 0.325 e. The molecule has 3 heterocycles. The van der Waals surface area contributed by atoms with Crippen molar-refractivity contribution in [1.29, 1.82) is 0 Å². The molecule has 1 amide bonds. The van der Waals surface area contributed by atoms with Gasteiger partial charge in [0.15, 0.2) is 0 Å². The predicted octanol–water partition coefficient (Wildman–Crippen LogP) is 2.47. The molecule has 1 saturated heterocycles. The zero-order valence-corrected chi connectivity index (χ0v) is 18.3. The Labute approximate surface area is 183 Å². The number of hydrogen-bond donors (Lipinski definition) is 2. The quantitative estimate of drug-likeness (QED) is 0.591.